The summed E-state index contributed by atoms with van der Waals surface area (Å²) in [6, 6.07) is 12.8. The molecule has 0 saturated heterocycles. The maximum atomic E-state index is 12.5. The lowest BCUT2D eigenvalue weighted by Crippen LogP contribution is -2.34. The van der Waals surface area contributed by atoms with Crippen LogP contribution in [0.3, 0.4) is 0 Å². The number of hydrogen-bond donors (Lipinski definition) is 2. The summed E-state index contributed by atoms with van der Waals surface area (Å²) in [5.74, 6) is 1.11. The van der Waals surface area contributed by atoms with Crippen molar-refractivity contribution in [2.45, 2.75) is 20.3 Å². The average molecular weight is 453 g/mol. The van der Waals surface area contributed by atoms with E-state index in [2.05, 4.69) is 25.9 Å². The monoisotopic (exact) mass is 452 g/mol. The highest BCUT2D eigenvalue weighted by atomic mass is 32.1. The molecule has 0 spiro atoms. The van der Waals surface area contributed by atoms with Crippen molar-refractivity contribution < 1.29 is 9.53 Å². The third-order valence-electron chi connectivity index (χ3n) is 4.66. The molecular formula is C21H20N6O2S2. The van der Waals surface area contributed by atoms with E-state index >= 15 is 0 Å². The Labute approximate surface area is 188 Å². The van der Waals surface area contributed by atoms with Crippen molar-refractivity contribution >= 4 is 45.2 Å². The maximum Gasteiger partial charge on any atom is 0.257 e. The second-order valence-electron chi connectivity index (χ2n) is 6.74. The van der Waals surface area contributed by atoms with Gasteiger partial charge in [-0.2, -0.15) is 9.61 Å². The molecule has 0 fully saturated rings. The number of ether oxygens (including phenoxy) is 1. The van der Waals surface area contributed by atoms with E-state index in [-0.39, 0.29) is 11.0 Å². The SMILES string of the molecule is CCc1nnc2sc(-c3ccc(C)c(NC(=S)NC(=O)c4cccc(OC)c4)c3)nn12. The number of hydrogen-bond acceptors (Lipinski definition) is 7. The first-order valence-electron chi connectivity index (χ1n) is 9.57. The van der Waals surface area contributed by atoms with Crippen molar-refractivity contribution in [1.82, 2.24) is 25.1 Å². The Balaban J connectivity index is 1.52. The van der Waals surface area contributed by atoms with Gasteiger partial charge in [0.2, 0.25) is 4.96 Å². The maximum absolute atomic E-state index is 12.5. The minimum Gasteiger partial charge on any atom is -0.497 e. The van der Waals surface area contributed by atoms with Gasteiger partial charge in [0.1, 0.15) is 10.8 Å². The number of aromatic nitrogens is 4. The minimum atomic E-state index is -0.314. The molecule has 0 saturated carbocycles. The van der Waals surface area contributed by atoms with Crippen LogP contribution in [-0.4, -0.2) is 37.9 Å². The van der Waals surface area contributed by atoms with Gasteiger partial charge in [0.15, 0.2) is 10.9 Å². The van der Waals surface area contributed by atoms with Crippen LogP contribution in [0.4, 0.5) is 5.69 Å². The van der Waals surface area contributed by atoms with Crippen LogP contribution >= 0.6 is 23.6 Å². The Hall–Kier alpha value is -3.37. The quantitative estimate of drug-likeness (QED) is 0.444. The molecule has 158 valence electrons. The number of carbonyl (C=O) groups is 1. The fraction of sp³-hybridized carbons (Fsp3) is 0.190. The van der Waals surface area contributed by atoms with Crippen LogP contribution in [0.1, 0.15) is 28.7 Å². The summed E-state index contributed by atoms with van der Waals surface area (Å²) in [6.45, 7) is 3.98. The zero-order chi connectivity index (χ0) is 22.0. The van der Waals surface area contributed by atoms with Crippen LogP contribution < -0.4 is 15.4 Å². The highest BCUT2D eigenvalue weighted by molar-refractivity contribution is 7.80. The summed E-state index contributed by atoms with van der Waals surface area (Å²) in [5, 5.41) is 19.8. The van der Waals surface area contributed by atoms with E-state index in [4.69, 9.17) is 17.0 Å². The van der Waals surface area contributed by atoms with Gasteiger partial charge in [0.25, 0.3) is 5.91 Å². The highest BCUT2D eigenvalue weighted by Gasteiger charge is 2.14. The lowest BCUT2D eigenvalue weighted by Gasteiger charge is -2.13. The summed E-state index contributed by atoms with van der Waals surface area (Å²) in [7, 11) is 1.55. The van der Waals surface area contributed by atoms with E-state index in [9.17, 15) is 4.79 Å². The summed E-state index contributed by atoms with van der Waals surface area (Å²) in [4.78, 5) is 13.3. The van der Waals surface area contributed by atoms with E-state index < -0.39 is 0 Å². The lowest BCUT2D eigenvalue weighted by molar-refractivity contribution is 0.0977. The second-order valence-corrected chi connectivity index (χ2v) is 8.11. The number of nitrogens with zero attached hydrogens (tertiary/aromatic N) is 4. The van der Waals surface area contributed by atoms with Crippen LogP contribution in [0.5, 0.6) is 5.75 Å². The molecule has 2 N–H and O–H groups in total. The fourth-order valence-electron chi connectivity index (χ4n) is 2.98. The van der Waals surface area contributed by atoms with E-state index in [1.54, 1.807) is 35.9 Å². The average Bonchev–Trinajstić information content (AvgIpc) is 3.36. The molecule has 0 radical (unpaired) electrons. The largest absolute Gasteiger partial charge is 0.497 e. The third kappa shape index (κ3) is 4.39. The van der Waals surface area contributed by atoms with Crippen LogP contribution in [0.25, 0.3) is 15.5 Å². The molecular weight excluding hydrogens is 432 g/mol. The molecule has 10 heteroatoms. The molecule has 31 heavy (non-hydrogen) atoms. The molecule has 0 unspecified atom stereocenters. The molecule has 0 aliphatic heterocycles. The molecule has 0 aliphatic carbocycles. The number of amides is 1. The molecule has 0 bridgehead atoms. The number of methoxy groups -OCH3 is 1. The number of carbonyl (C=O) groups excluding carboxylic acids is 1. The first kappa shape index (κ1) is 20.9. The van der Waals surface area contributed by atoms with E-state index in [0.717, 1.165) is 39.0 Å². The van der Waals surface area contributed by atoms with E-state index in [1.165, 1.54) is 11.3 Å². The Morgan fingerprint density at radius 1 is 1.23 bits per heavy atom. The number of aryl methyl sites for hydroxylation is 2. The minimum absolute atomic E-state index is 0.208. The number of anilines is 1. The summed E-state index contributed by atoms with van der Waals surface area (Å²) in [6.07, 6.45) is 0.756. The van der Waals surface area contributed by atoms with Crippen molar-refractivity contribution in [2.24, 2.45) is 0 Å². The van der Waals surface area contributed by atoms with Gasteiger partial charge in [-0.1, -0.05) is 36.5 Å². The predicted octanol–water partition coefficient (Wildman–Crippen LogP) is 3.86. The Kier molecular flexibility index (Phi) is 5.92. The van der Waals surface area contributed by atoms with Crippen molar-refractivity contribution in [1.29, 1.82) is 0 Å². The molecule has 1 amide bonds. The van der Waals surface area contributed by atoms with Gasteiger partial charge in [-0.05, 0) is 49.0 Å². The molecule has 2 heterocycles. The summed E-state index contributed by atoms with van der Waals surface area (Å²) >= 11 is 6.82. The smallest absolute Gasteiger partial charge is 0.257 e. The molecule has 4 aromatic rings. The number of thiocarbonyl (C=S) groups is 1. The highest BCUT2D eigenvalue weighted by Crippen LogP contribution is 2.29. The van der Waals surface area contributed by atoms with Crippen LogP contribution in [0.2, 0.25) is 0 Å². The number of fused-ring (bicyclic) bond motifs is 1. The number of benzene rings is 2. The van der Waals surface area contributed by atoms with Crippen molar-refractivity contribution in [3.8, 4) is 16.3 Å². The fourth-order valence-corrected chi connectivity index (χ4v) is 4.03. The third-order valence-corrected chi connectivity index (χ3v) is 5.82. The molecule has 0 atom stereocenters. The van der Waals surface area contributed by atoms with Gasteiger partial charge in [-0.15, -0.1) is 10.2 Å². The van der Waals surface area contributed by atoms with Crippen molar-refractivity contribution in [3.05, 3.63) is 59.4 Å². The van der Waals surface area contributed by atoms with Gasteiger partial charge in [0.05, 0.1) is 7.11 Å². The van der Waals surface area contributed by atoms with Gasteiger partial charge >= 0.3 is 0 Å². The van der Waals surface area contributed by atoms with Crippen LogP contribution in [-0.2, 0) is 6.42 Å². The second kappa shape index (κ2) is 8.78. The molecule has 8 nitrogen and oxygen atoms in total. The van der Waals surface area contributed by atoms with Gasteiger partial charge < -0.3 is 10.1 Å². The first-order valence-corrected chi connectivity index (χ1v) is 10.8. The number of nitrogens with one attached hydrogen (secondary N) is 2. The standard InChI is InChI=1S/C21H20N6O2S2/c1-4-17-24-25-21-27(17)26-19(31-21)14-9-8-12(2)16(11-14)22-20(30)23-18(28)13-6-5-7-15(10-13)29-3/h5-11H,4H2,1-3H3,(H2,22,23,28,30). The normalized spacial score (nSPS) is 10.8. The van der Waals surface area contributed by atoms with Gasteiger partial charge in [-0.3, -0.25) is 10.1 Å². The van der Waals surface area contributed by atoms with Gasteiger partial charge in [0, 0.05) is 23.2 Å². The lowest BCUT2D eigenvalue weighted by atomic mass is 10.1. The Morgan fingerprint density at radius 2 is 2.06 bits per heavy atom. The Morgan fingerprint density at radius 3 is 2.84 bits per heavy atom. The molecule has 2 aromatic heterocycles. The van der Waals surface area contributed by atoms with Crippen molar-refractivity contribution in [2.75, 3.05) is 12.4 Å². The summed E-state index contributed by atoms with van der Waals surface area (Å²) < 4.78 is 6.93. The summed E-state index contributed by atoms with van der Waals surface area (Å²) in [5.41, 5.74) is 3.15. The number of rotatable bonds is 5. The zero-order valence-corrected chi connectivity index (χ0v) is 18.8. The predicted molar refractivity (Wildman–Crippen MR) is 125 cm³/mol. The molecule has 4 rings (SSSR count). The van der Waals surface area contributed by atoms with Crippen LogP contribution in [0, 0.1) is 6.92 Å². The molecule has 2 aromatic carbocycles. The zero-order valence-electron chi connectivity index (χ0n) is 17.2. The van der Waals surface area contributed by atoms with Crippen LogP contribution in [0.15, 0.2) is 42.5 Å². The van der Waals surface area contributed by atoms with E-state index in [1.807, 2.05) is 32.0 Å². The first-order chi connectivity index (χ1) is 15.0. The topological polar surface area (TPSA) is 93.4 Å². The van der Waals surface area contributed by atoms with Gasteiger partial charge in [-0.25, -0.2) is 0 Å². The van der Waals surface area contributed by atoms with Crippen molar-refractivity contribution in [3.63, 3.8) is 0 Å². The molecule has 0 aliphatic rings. The Bertz CT molecular complexity index is 1280. The van der Waals surface area contributed by atoms with E-state index in [0.29, 0.717) is 11.3 Å².